The van der Waals surface area contributed by atoms with Crippen LogP contribution in [-0.2, 0) is 28.6 Å². The van der Waals surface area contributed by atoms with Crippen LogP contribution >= 0.6 is 0 Å². The predicted molar refractivity (Wildman–Crippen MR) is 362 cm³/mol. The molecule has 0 saturated heterocycles. The summed E-state index contributed by atoms with van der Waals surface area (Å²) in [4.78, 5) is 38.5. The molecule has 0 bridgehead atoms. The van der Waals surface area contributed by atoms with Crippen molar-refractivity contribution in [3.63, 3.8) is 0 Å². The van der Waals surface area contributed by atoms with E-state index < -0.39 is 6.10 Å². The van der Waals surface area contributed by atoms with E-state index in [0.717, 1.165) is 116 Å². The number of allylic oxidation sites excluding steroid dienone is 12. The van der Waals surface area contributed by atoms with E-state index in [0.29, 0.717) is 19.3 Å². The molecule has 0 aliphatic heterocycles. The summed E-state index contributed by atoms with van der Waals surface area (Å²) < 4.78 is 17.0. The minimum Gasteiger partial charge on any atom is -0.462 e. The minimum absolute atomic E-state index is 0.0828. The fourth-order valence-electron chi connectivity index (χ4n) is 10.8. The van der Waals surface area contributed by atoms with E-state index >= 15 is 0 Å². The Bertz CT molecular complexity index is 1520. The first-order valence-corrected chi connectivity index (χ1v) is 36.4. The van der Waals surface area contributed by atoms with E-state index in [9.17, 15) is 14.4 Å². The summed E-state index contributed by atoms with van der Waals surface area (Å²) in [6.07, 6.45) is 93.7. The van der Waals surface area contributed by atoms with Gasteiger partial charge in [-0.2, -0.15) is 0 Å². The molecule has 0 spiro atoms. The molecule has 0 aromatic carbocycles. The van der Waals surface area contributed by atoms with Crippen molar-refractivity contribution in [1.82, 2.24) is 0 Å². The van der Waals surface area contributed by atoms with Crippen LogP contribution in [0.5, 0.6) is 0 Å². The molecule has 0 heterocycles. The van der Waals surface area contributed by atoms with Crippen LogP contribution in [0.25, 0.3) is 0 Å². The Balaban J connectivity index is 4.25. The van der Waals surface area contributed by atoms with Crippen molar-refractivity contribution >= 4 is 17.9 Å². The van der Waals surface area contributed by atoms with E-state index in [2.05, 4.69) is 93.7 Å². The van der Waals surface area contributed by atoms with Crippen LogP contribution in [0, 0.1) is 0 Å². The van der Waals surface area contributed by atoms with Gasteiger partial charge in [0.25, 0.3) is 0 Å². The maximum atomic E-state index is 12.9. The van der Waals surface area contributed by atoms with Crippen molar-refractivity contribution in [1.29, 1.82) is 0 Å². The molecule has 482 valence electrons. The Labute approximate surface area is 516 Å². The predicted octanol–water partition coefficient (Wildman–Crippen LogP) is 25.2. The maximum Gasteiger partial charge on any atom is 0.306 e. The average molecular weight is 1160 g/mol. The highest BCUT2D eigenvalue weighted by Crippen LogP contribution is 2.18. The molecule has 1 unspecified atom stereocenters. The number of hydrogen-bond acceptors (Lipinski definition) is 6. The molecular weight excluding hydrogens is 1020 g/mol. The lowest BCUT2D eigenvalue weighted by atomic mass is 10.0. The third-order valence-corrected chi connectivity index (χ3v) is 16.2. The second-order valence-corrected chi connectivity index (χ2v) is 24.5. The van der Waals surface area contributed by atoms with E-state index in [-0.39, 0.29) is 31.1 Å². The second kappa shape index (κ2) is 71.3. The number of carbonyl (C=O) groups is 3. The molecule has 0 radical (unpaired) electrons. The molecule has 6 heteroatoms. The summed E-state index contributed by atoms with van der Waals surface area (Å²) in [5.74, 6) is -0.890. The van der Waals surface area contributed by atoms with Crippen molar-refractivity contribution in [3.05, 3.63) is 72.9 Å². The number of rotatable bonds is 67. The van der Waals surface area contributed by atoms with Gasteiger partial charge in [0.1, 0.15) is 13.2 Å². The molecule has 0 aliphatic rings. The van der Waals surface area contributed by atoms with Crippen LogP contribution < -0.4 is 0 Å². The quantitative estimate of drug-likeness (QED) is 0.0261. The van der Waals surface area contributed by atoms with Gasteiger partial charge in [-0.1, -0.05) is 344 Å². The fraction of sp³-hybridized carbons (Fsp3) is 0.805. The van der Waals surface area contributed by atoms with Gasteiger partial charge in [0, 0.05) is 19.3 Å². The van der Waals surface area contributed by atoms with Gasteiger partial charge in [0.05, 0.1) is 0 Å². The first-order chi connectivity index (χ1) is 41.0. The highest BCUT2D eigenvalue weighted by atomic mass is 16.6. The summed E-state index contributed by atoms with van der Waals surface area (Å²) in [6.45, 7) is 6.55. The van der Waals surface area contributed by atoms with Gasteiger partial charge in [0.15, 0.2) is 6.10 Å². The van der Waals surface area contributed by atoms with Crippen molar-refractivity contribution < 1.29 is 28.6 Å². The summed E-state index contributed by atoms with van der Waals surface area (Å²) in [7, 11) is 0. The summed E-state index contributed by atoms with van der Waals surface area (Å²) in [5.41, 5.74) is 0. The van der Waals surface area contributed by atoms with Gasteiger partial charge in [-0.15, -0.1) is 0 Å². The number of hydrogen-bond donors (Lipinski definition) is 0. The number of unbranched alkanes of at least 4 members (excludes halogenated alkanes) is 44. The Hall–Kier alpha value is -3.15. The van der Waals surface area contributed by atoms with Crippen LogP contribution in [0.1, 0.15) is 380 Å². The molecule has 0 aromatic heterocycles. The van der Waals surface area contributed by atoms with Crippen LogP contribution in [0.3, 0.4) is 0 Å². The van der Waals surface area contributed by atoms with E-state index in [4.69, 9.17) is 14.2 Å². The van der Waals surface area contributed by atoms with Crippen molar-refractivity contribution in [3.8, 4) is 0 Å². The molecule has 0 aliphatic carbocycles. The zero-order chi connectivity index (χ0) is 59.9. The van der Waals surface area contributed by atoms with Crippen LogP contribution in [0.15, 0.2) is 72.9 Å². The van der Waals surface area contributed by atoms with Crippen LogP contribution in [-0.4, -0.2) is 37.2 Å². The van der Waals surface area contributed by atoms with Gasteiger partial charge in [0.2, 0.25) is 0 Å². The Morgan fingerprint density at radius 1 is 0.253 bits per heavy atom. The minimum atomic E-state index is -0.790. The fourth-order valence-corrected chi connectivity index (χ4v) is 10.8. The molecule has 0 saturated carbocycles. The van der Waals surface area contributed by atoms with Crippen LogP contribution in [0.4, 0.5) is 0 Å². The van der Waals surface area contributed by atoms with E-state index in [1.54, 1.807) is 0 Å². The van der Waals surface area contributed by atoms with E-state index in [1.165, 1.54) is 225 Å². The lowest BCUT2D eigenvalue weighted by Gasteiger charge is -2.18. The lowest BCUT2D eigenvalue weighted by molar-refractivity contribution is -0.167. The number of esters is 3. The zero-order valence-electron chi connectivity index (χ0n) is 55.5. The van der Waals surface area contributed by atoms with Crippen molar-refractivity contribution in [2.75, 3.05) is 13.2 Å². The Morgan fingerprint density at radius 3 is 0.747 bits per heavy atom. The SMILES string of the molecule is CC/C=C\C/C=C\C/C=C\C/C=C\CCCCCCCCC(=O)OC(COC(=O)CCCCCCC/C=C\C/C=C\CCCCCC)COC(=O)CCCCCCCCCCCCCCCCCCCCCCCCCCCCCCCC. The van der Waals surface area contributed by atoms with Gasteiger partial charge in [-0.25, -0.2) is 0 Å². The summed E-state index contributed by atoms with van der Waals surface area (Å²) >= 11 is 0. The third kappa shape index (κ3) is 69.5. The van der Waals surface area contributed by atoms with Crippen molar-refractivity contribution in [2.24, 2.45) is 0 Å². The molecule has 0 fully saturated rings. The molecule has 1 atom stereocenters. The van der Waals surface area contributed by atoms with Gasteiger partial charge >= 0.3 is 17.9 Å². The number of carbonyl (C=O) groups excluding carboxylic acids is 3. The van der Waals surface area contributed by atoms with Gasteiger partial charge in [-0.3, -0.25) is 14.4 Å². The van der Waals surface area contributed by atoms with Crippen molar-refractivity contribution in [2.45, 2.75) is 386 Å². The molecular formula is C77H138O6. The molecule has 0 amide bonds. The average Bonchev–Trinajstić information content (AvgIpc) is 3.49. The Kier molecular flexibility index (Phi) is 68.6. The Morgan fingerprint density at radius 2 is 0.470 bits per heavy atom. The van der Waals surface area contributed by atoms with Gasteiger partial charge < -0.3 is 14.2 Å². The smallest absolute Gasteiger partial charge is 0.306 e. The first-order valence-electron chi connectivity index (χ1n) is 36.4. The second-order valence-electron chi connectivity index (χ2n) is 24.5. The largest absolute Gasteiger partial charge is 0.462 e. The summed E-state index contributed by atoms with van der Waals surface area (Å²) in [6, 6.07) is 0. The highest BCUT2D eigenvalue weighted by Gasteiger charge is 2.19. The normalized spacial score (nSPS) is 12.5. The van der Waals surface area contributed by atoms with Crippen LogP contribution in [0.2, 0.25) is 0 Å². The molecule has 83 heavy (non-hydrogen) atoms. The molecule has 0 aromatic rings. The van der Waals surface area contributed by atoms with Gasteiger partial charge in [-0.05, 0) is 89.9 Å². The maximum absolute atomic E-state index is 12.9. The number of ether oxygens (including phenoxy) is 3. The lowest BCUT2D eigenvalue weighted by Crippen LogP contribution is -2.30. The van der Waals surface area contributed by atoms with E-state index in [1.807, 2.05) is 0 Å². The third-order valence-electron chi connectivity index (χ3n) is 16.2. The standard InChI is InChI=1S/C77H138O6/c1-4-7-10-13-16-19-22-25-28-31-33-34-35-36-37-38-39-40-41-42-43-45-46-49-52-55-58-61-64-67-70-76(79)82-73-74(72-81-75(78)69-66-63-60-57-54-51-48-30-27-24-21-18-15-12-9-6-3)83-77(80)71-68-65-62-59-56-53-50-47-44-32-29-26-23-20-17-14-11-8-5-2/h8,11,17,20-21,24,26,29-30,44,47-48,74H,4-7,9-10,12-16,18-19,22-23,25,27-28,31-43,45-46,49-73H2,1-3H3/b11-8-,20-17-,24-21-,29-26-,47-44-,48-30-. The molecule has 6 nitrogen and oxygen atoms in total. The monoisotopic (exact) mass is 1160 g/mol. The topological polar surface area (TPSA) is 78.9 Å². The summed E-state index contributed by atoms with van der Waals surface area (Å²) in [5, 5.41) is 0. The highest BCUT2D eigenvalue weighted by molar-refractivity contribution is 5.71. The first kappa shape index (κ1) is 79.8. The zero-order valence-corrected chi connectivity index (χ0v) is 55.5. The molecule has 0 N–H and O–H groups in total. The molecule has 0 rings (SSSR count).